The van der Waals surface area contributed by atoms with E-state index < -0.39 is 0 Å². The molecule has 0 amide bonds. The average molecular weight is 304 g/mol. The van der Waals surface area contributed by atoms with E-state index >= 15 is 0 Å². The molecule has 3 heteroatoms. The summed E-state index contributed by atoms with van der Waals surface area (Å²) >= 11 is 0. The Kier molecular flexibility index (Phi) is 3.64. The van der Waals surface area contributed by atoms with Crippen molar-refractivity contribution in [2.24, 2.45) is 0 Å². The summed E-state index contributed by atoms with van der Waals surface area (Å²) in [6, 6.07) is 21.4. The van der Waals surface area contributed by atoms with Crippen LogP contribution in [0.2, 0.25) is 0 Å². The second kappa shape index (κ2) is 5.94. The Morgan fingerprint density at radius 1 is 1.04 bits per heavy atom. The number of nitrogens with zero attached hydrogens (tertiary/aromatic N) is 1. The Labute approximate surface area is 136 Å². The van der Waals surface area contributed by atoms with Crippen LogP contribution in [0.15, 0.2) is 66.9 Å². The van der Waals surface area contributed by atoms with Gasteiger partial charge in [-0.25, -0.2) is 0 Å². The van der Waals surface area contributed by atoms with Gasteiger partial charge in [0.1, 0.15) is 5.75 Å². The number of aromatic nitrogens is 1. The maximum absolute atomic E-state index is 5.55. The molecule has 0 saturated carbocycles. The lowest BCUT2D eigenvalue weighted by Gasteiger charge is -2.18. The fraction of sp³-hybridized carbons (Fsp3) is 0.200. The van der Waals surface area contributed by atoms with Gasteiger partial charge in [0.2, 0.25) is 0 Å². The molecule has 3 nitrogen and oxygen atoms in total. The second-order valence-electron chi connectivity index (χ2n) is 5.75. The van der Waals surface area contributed by atoms with Crippen LogP contribution in [0.5, 0.6) is 5.75 Å². The second-order valence-corrected chi connectivity index (χ2v) is 5.75. The fourth-order valence-corrected chi connectivity index (χ4v) is 3.27. The predicted octanol–water partition coefficient (Wildman–Crippen LogP) is 4.07. The van der Waals surface area contributed by atoms with E-state index in [0.29, 0.717) is 6.61 Å². The van der Waals surface area contributed by atoms with Gasteiger partial charge in [0.05, 0.1) is 12.6 Å². The van der Waals surface area contributed by atoms with Crippen molar-refractivity contribution in [3.63, 3.8) is 0 Å². The van der Waals surface area contributed by atoms with Crippen LogP contribution in [0, 0.1) is 0 Å². The molecule has 1 aromatic heterocycles. The number of hydrogen-bond acceptors (Lipinski definition) is 2. The third-order valence-electron chi connectivity index (χ3n) is 4.35. The molecule has 1 unspecified atom stereocenters. The van der Waals surface area contributed by atoms with E-state index in [0.717, 1.165) is 12.3 Å². The minimum absolute atomic E-state index is 0.174. The molecule has 1 aliphatic heterocycles. The Morgan fingerprint density at radius 3 is 2.70 bits per heavy atom. The van der Waals surface area contributed by atoms with Crippen molar-refractivity contribution in [1.29, 1.82) is 0 Å². The molecular formula is C20H20N2O. The molecule has 3 aromatic rings. The lowest BCUT2D eigenvalue weighted by molar-refractivity contribution is 0.340. The summed E-state index contributed by atoms with van der Waals surface area (Å²) in [5.74, 6) is 0.920. The van der Waals surface area contributed by atoms with E-state index in [4.69, 9.17) is 4.74 Å². The predicted molar refractivity (Wildman–Crippen MR) is 92.1 cm³/mol. The first-order chi connectivity index (χ1) is 11.4. The number of benzene rings is 2. The van der Waals surface area contributed by atoms with Gasteiger partial charge in [-0.05, 0) is 48.4 Å². The molecule has 23 heavy (non-hydrogen) atoms. The third kappa shape index (κ3) is 2.53. The van der Waals surface area contributed by atoms with Crippen molar-refractivity contribution < 1.29 is 4.74 Å². The average Bonchev–Trinajstić information content (AvgIpc) is 3.01. The number of rotatable bonds is 3. The van der Waals surface area contributed by atoms with Crippen LogP contribution in [0.25, 0.3) is 5.69 Å². The summed E-state index contributed by atoms with van der Waals surface area (Å²) in [5.41, 5.74) is 5.09. The first-order valence-corrected chi connectivity index (χ1v) is 8.08. The summed E-state index contributed by atoms with van der Waals surface area (Å²) in [5, 5.41) is 3.69. The number of fused-ring (bicyclic) bond motifs is 3. The van der Waals surface area contributed by atoms with Crippen molar-refractivity contribution >= 4 is 0 Å². The van der Waals surface area contributed by atoms with E-state index in [-0.39, 0.29) is 6.04 Å². The first kappa shape index (κ1) is 14.1. The molecule has 0 spiro atoms. The molecular weight excluding hydrogens is 284 g/mol. The van der Waals surface area contributed by atoms with E-state index in [1.54, 1.807) is 0 Å². The summed E-state index contributed by atoms with van der Waals surface area (Å²) in [7, 11) is 0. The largest absolute Gasteiger partial charge is 0.494 e. The van der Waals surface area contributed by atoms with Gasteiger partial charge in [-0.1, -0.05) is 30.3 Å². The number of para-hydroxylation sites is 1. The monoisotopic (exact) mass is 304 g/mol. The van der Waals surface area contributed by atoms with Crippen molar-refractivity contribution in [2.75, 3.05) is 6.61 Å². The van der Waals surface area contributed by atoms with Crippen LogP contribution >= 0.6 is 0 Å². The zero-order valence-electron chi connectivity index (χ0n) is 13.2. The minimum Gasteiger partial charge on any atom is -0.494 e. The molecule has 1 aliphatic rings. The molecule has 1 atom stereocenters. The Hall–Kier alpha value is -2.52. The Balaban J connectivity index is 1.74. The SMILES string of the molecule is CCOc1ccc(C2NCc3ccccc3-n3cccc32)cc1. The van der Waals surface area contributed by atoms with Crippen LogP contribution in [-0.2, 0) is 6.54 Å². The summed E-state index contributed by atoms with van der Waals surface area (Å²) < 4.78 is 7.84. The van der Waals surface area contributed by atoms with Crippen molar-refractivity contribution in [3.05, 3.63) is 83.7 Å². The highest BCUT2D eigenvalue weighted by molar-refractivity contribution is 5.47. The normalized spacial score (nSPS) is 16.3. The smallest absolute Gasteiger partial charge is 0.119 e. The lowest BCUT2D eigenvalue weighted by atomic mass is 10.0. The summed E-state index contributed by atoms with van der Waals surface area (Å²) in [4.78, 5) is 0. The zero-order valence-corrected chi connectivity index (χ0v) is 13.2. The topological polar surface area (TPSA) is 26.2 Å². The van der Waals surface area contributed by atoms with Gasteiger partial charge in [-0.2, -0.15) is 0 Å². The molecule has 4 rings (SSSR count). The molecule has 0 bridgehead atoms. The van der Waals surface area contributed by atoms with Gasteiger partial charge in [-0.15, -0.1) is 0 Å². The van der Waals surface area contributed by atoms with Crippen molar-refractivity contribution in [3.8, 4) is 11.4 Å². The van der Waals surface area contributed by atoms with Crippen LogP contribution in [-0.4, -0.2) is 11.2 Å². The molecule has 1 N–H and O–H groups in total. The van der Waals surface area contributed by atoms with E-state index in [9.17, 15) is 0 Å². The highest BCUT2D eigenvalue weighted by atomic mass is 16.5. The van der Waals surface area contributed by atoms with Gasteiger partial charge in [0.25, 0.3) is 0 Å². The summed E-state index contributed by atoms with van der Waals surface area (Å²) in [6.07, 6.45) is 2.14. The van der Waals surface area contributed by atoms with Crippen LogP contribution < -0.4 is 10.1 Å². The van der Waals surface area contributed by atoms with Gasteiger partial charge in [-0.3, -0.25) is 0 Å². The molecule has 2 heterocycles. The quantitative estimate of drug-likeness (QED) is 0.789. The molecule has 116 valence electrons. The van der Waals surface area contributed by atoms with Gasteiger partial charge in [0.15, 0.2) is 0 Å². The highest BCUT2D eigenvalue weighted by Crippen LogP contribution is 2.31. The third-order valence-corrected chi connectivity index (χ3v) is 4.35. The van der Waals surface area contributed by atoms with Crippen molar-refractivity contribution in [1.82, 2.24) is 9.88 Å². The number of hydrogen-bond donors (Lipinski definition) is 1. The van der Waals surface area contributed by atoms with Crippen LogP contribution in [0.4, 0.5) is 0 Å². The highest BCUT2D eigenvalue weighted by Gasteiger charge is 2.22. The molecule has 0 aliphatic carbocycles. The molecule has 2 aromatic carbocycles. The molecule has 0 fully saturated rings. The van der Waals surface area contributed by atoms with E-state index in [1.807, 2.05) is 19.1 Å². The number of nitrogens with one attached hydrogen (secondary N) is 1. The Bertz CT molecular complexity index is 805. The Morgan fingerprint density at radius 2 is 1.87 bits per heavy atom. The van der Waals surface area contributed by atoms with Crippen LogP contribution in [0.1, 0.15) is 29.8 Å². The maximum Gasteiger partial charge on any atom is 0.119 e. The van der Waals surface area contributed by atoms with Gasteiger partial charge >= 0.3 is 0 Å². The summed E-state index contributed by atoms with van der Waals surface area (Å²) in [6.45, 7) is 3.56. The molecule has 0 radical (unpaired) electrons. The number of ether oxygens (including phenoxy) is 1. The standard InChI is InChI=1S/C20H20N2O/c1-2-23-17-11-9-15(10-12-17)20-19-8-5-13-22(19)18-7-4-3-6-16(18)14-21-20/h3-13,20-21H,2,14H2,1H3. The van der Waals surface area contributed by atoms with Crippen LogP contribution in [0.3, 0.4) is 0 Å². The lowest BCUT2D eigenvalue weighted by Crippen LogP contribution is -2.21. The van der Waals surface area contributed by atoms with E-state index in [1.165, 1.54) is 22.5 Å². The minimum atomic E-state index is 0.174. The first-order valence-electron chi connectivity index (χ1n) is 8.08. The van der Waals surface area contributed by atoms with Gasteiger partial charge < -0.3 is 14.6 Å². The van der Waals surface area contributed by atoms with Crippen molar-refractivity contribution in [2.45, 2.75) is 19.5 Å². The molecule has 0 saturated heterocycles. The maximum atomic E-state index is 5.55. The fourth-order valence-electron chi connectivity index (χ4n) is 3.27. The van der Waals surface area contributed by atoms with E-state index in [2.05, 4.69) is 64.6 Å². The zero-order chi connectivity index (χ0) is 15.6. The van der Waals surface area contributed by atoms with Gasteiger partial charge in [0, 0.05) is 24.1 Å².